The lowest BCUT2D eigenvalue weighted by atomic mass is 9.84. The van der Waals surface area contributed by atoms with Crippen molar-refractivity contribution >= 4 is 11.8 Å². The first-order valence-corrected chi connectivity index (χ1v) is 8.00. The standard InChI is InChI=1S/C13H23NOS/c1-2-4-11(3-1)9-12-13(5-8-16-10-13)15-7-6-14-12/h11-12,14H,1-10H2. The minimum Gasteiger partial charge on any atom is -0.371 e. The van der Waals surface area contributed by atoms with Gasteiger partial charge in [0.1, 0.15) is 0 Å². The summed E-state index contributed by atoms with van der Waals surface area (Å²) in [5.74, 6) is 3.49. The first kappa shape index (κ1) is 11.4. The summed E-state index contributed by atoms with van der Waals surface area (Å²) in [5.41, 5.74) is 0.200. The van der Waals surface area contributed by atoms with Gasteiger partial charge in [-0.15, -0.1) is 0 Å². The van der Waals surface area contributed by atoms with Crippen LogP contribution in [0.5, 0.6) is 0 Å². The van der Waals surface area contributed by atoms with Gasteiger partial charge in [-0.25, -0.2) is 0 Å². The molecule has 2 nitrogen and oxygen atoms in total. The van der Waals surface area contributed by atoms with Gasteiger partial charge in [-0.2, -0.15) is 11.8 Å². The highest BCUT2D eigenvalue weighted by Crippen LogP contribution is 2.40. The van der Waals surface area contributed by atoms with Gasteiger partial charge in [0.15, 0.2) is 0 Å². The minimum atomic E-state index is 0.200. The molecule has 0 aromatic heterocycles. The second-order valence-electron chi connectivity index (χ2n) is 5.61. The molecule has 0 amide bonds. The van der Waals surface area contributed by atoms with Crippen LogP contribution in [-0.2, 0) is 4.74 Å². The highest BCUT2D eigenvalue weighted by Gasteiger charge is 2.45. The number of morpholine rings is 1. The van der Waals surface area contributed by atoms with Crippen LogP contribution in [0.1, 0.15) is 38.5 Å². The third-order valence-electron chi connectivity index (χ3n) is 4.58. The molecule has 3 aliphatic rings. The summed E-state index contributed by atoms with van der Waals surface area (Å²) in [4.78, 5) is 0. The summed E-state index contributed by atoms with van der Waals surface area (Å²) in [6.45, 7) is 1.98. The van der Waals surface area contributed by atoms with Gasteiger partial charge < -0.3 is 10.1 Å². The Bertz CT molecular complexity index is 234. The molecule has 16 heavy (non-hydrogen) atoms. The molecule has 1 saturated carbocycles. The maximum atomic E-state index is 6.17. The maximum absolute atomic E-state index is 6.17. The van der Waals surface area contributed by atoms with Crippen molar-refractivity contribution < 1.29 is 4.74 Å². The Morgan fingerprint density at radius 3 is 2.94 bits per heavy atom. The molecule has 3 rings (SSSR count). The van der Waals surface area contributed by atoms with Gasteiger partial charge in [0.25, 0.3) is 0 Å². The van der Waals surface area contributed by atoms with Crippen molar-refractivity contribution in [3.63, 3.8) is 0 Å². The summed E-state index contributed by atoms with van der Waals surface area (Å²) in [6, 6.07) is 0.638. The smallest absolute Gasteiger partial charge is 0.0933 e. The van der Waals surface area contributed by atoms with Crippen LogP contribution >= 0.6 is 11.8 Å². The molecule has 0 aromatic rings. The molecule has 2 heterocycles. The fourth-order valence-corrected chi connectivity index (χ4v) is 5.01. The third-order valence-corrected chi connectivity index (χ3v) is 5.76. The number of nitrogens with one attached hydrogen (secondary N) is 1. The number of hydrogen-bond donors (Lipinski definition) is 1. The third kappa shape index (κ3) is 2.14. The van der Waals surface area contributed by atoms with E-state index >= 15 is 0 Å². The second-order valence-corrected chi connectivity index (χ2v) is 6.71. The quantitative estimate of drug-likeness (QED) is 0.802. The largest absolute Gasteiger partial charge is 0.371 e. The summed E-state index contributed by atoms with van der Waals surface area (Å²) in [7, 11) is 0. The van der Waals surface area contributed by atoms with Gasteiger partial charge in [0.05, 0.1) is 12.2 Å². The van der Waals surface area contributed by atoms with Gasteiger partial charge in [-0.1, -0.05) is 25.7 Å². The monoisotopic (exact) mass is 241 g/mol. The molecular weight excluding hydrogens is 218 g/mol. The Kier molecular flexibility index (Phi) is 3.46. The molecule has 0 bridgehead atoms. The van der Waals surface area contributed by atoms with Crippen molar-refractivity contribution in [3.05, 3.63) is 0 Å². The maximum Gasteiger partial charge on any atom is 0.0933 e. The van der Waals surface area contributed by atoms with E-state index in [1.165, 1.54) is 50.0 Å². The fourth-order valence-electron chi connectivity index (χ4n) is 3.60. The molecule has 92 valence electrons. The van der Waals surface area contributed by atoms with Crippen LogP contribution in [0.25, 0.3) is 0 Å². The average molecular weight is 241 g/mol. The van der Waals surface area contributed by atoms with Gasteiger partial charge in [0, 0.05) is 18.3 Å². The number of hydrogen-bond acceptors (Lipinski definition) is 3. The molecule has 2 unspecified atom stereocenters. The number of ether oxygens (including phenoxy) is 1. The van der Waals surface area contributed by atoms with Crippen LogP contribution in [0.3, 0.4) is 0 Å². The summed E-state index contributed by atoms with van der Waals surface area (Å²) >= 11 is 2.08. The lowest BCUT2D eigenvalue weighted by molar-refractivity contribution is -0.0832. The van der Waals surface area contributed by atoms with Crippen molar-refractivity contribution in [1.82, 2.24) is 5.32 Å². The molecular formula is C13H23NOS. The van der Waals surface area contributed by atoms with Crippen LogP contribution in [-0.4, -0.2) is 36.3 Å². The van der Waals surface area contributed by atoms with Crippen molar-refractivity contribution in [1.29, 1.82) is 0 Å². The molecule has 0 radical (unpaired) electrons. The lowest BCUT2D eigenvalue weighted by Gasteiger charge is -2.42. The van der Waals surface area contributed by atoms with E-state index in [-0.39, 0.29) is 5.60 Å². The summed E-state index contributed by atoms with van der Waals surface area (Å²) in [5, 5.41) is 3.74. The van der Waals surface area contributed by atoms with Gasteiger partial charge in [-0.3, -0.25) is 0 Å². The van der Waals surface area contributed by atoms with E-state index in [0.29, 0.717) is 6.04 Å². The van der Waals surface area contributed by atoms with Gasteiger partial charge in [0.2, 0.25) is 0 Å². The molecule has 1 N–H and O–H groups in total. The SMILES string of the molecule is C1CCC(CC2NCCOC23CCSC3)C1. The van der Waals surface area contributed by atoms with E-state index in [0.717, 1.165) is 19.1 Å². The molecule has 2 atom stereocenters. The second kappa shape index (κ2) is 4.87. The molecule has 3 fully saturated rings. The Morgan fingerprint density at radius 1 is 1.31 bits per heavy atom. The molecule has 2 aliphatic heterocycles. The van der Waals surface area contributed by atoms with Crippen LogP contribution in [0.15, 0.2) is 0 Å². The Hall–Kier alpha value is 0.270. The van der Waals surface area contributed by atoms with Crippen LogP contribution in [0, 0.1) is 5.92 Å². The highest BCUT2D eigenvalue weighted by molar-refractivity contribution is 7.99. The first-order chi connectivity index (χ1) is 7.89. The lowest BCUT2D eigenvalue weighted by Crippen LogP contribution is -2.58. The predicted molar refractivity (Wildman–Crippen MR) is 69.0 cm³/mol. The first-order valence-electron chi connectivity index (χ1n) is 6.84. The summed E-state index contributed by atoms with van der Waals surface area (Å²) < 4.78 is 6.17. The van der Waals surface area contributed by atoms with Crippen molar-refractivity contribution in [3.8, 4) is 0 Å². The Labute approximate surface area is 103 Å². The van der Waals surface area contributed by atoms with E-state index in [9.17, 15) is 0 Å². The molecule has 1 aliphatic carbocycles. The zero-order valence-corrected chi connectivity index (χ0v) is 10.9. The molecule has 3 heteroatoms. The van der Waals surface area contributed by atoms with E-state index in [2.05, 4.69) is 17.1 Å². The predicted octanol–water partition coefficient (Wildman–Crippen LogP) is 2.43. The number of rotatable bonds is 2. The zero-order chi connectivity index (χ0) is 10.8. The average Bonchev–Trinajstić information content (AvgIpc) is 2.94. The van der Waals surface area contributed by atoms with E-state index < -0.39 is 0 Å². The zero-order valence-electron chi connectivity index (χ0n) is 10.0. The van der Waals surface area contributed by atoms with E-state index in [1.54, 1.807) is 0 Å². The van der Waals surface area contributed by atoms with Crippen molar-refractivity contribution in [2.45, 2.75) is 50.2 Å². The van der Waals surface area contributed by atoms with Crippen molar-refractivity contribution in [2.75, 3.05) is 24.7 Å². The molecule has 1 spiro atoms. The van der Waals surface area contributed by atoms with Crippen LogP contribution < -0.4 is 5.32 Å². The topological polar surface area (TPSA) is 21.3 Å². The Morgan fingerprint density at radius 2 is 2.19 bits per heavy atom. The fraction of sp³-hybridized carbons (Fsp3) is 1.00. The van der Waals surface area contributed by atoms with Gasteiger partial charge >= 0.3 is 0 Å². The van der Waals surface area contributed by atoms with Gasteiger partial charge in [-0.05, 0) is 24.5 Å². The Balaban J connectivity index is 1.65. The summed E-state index contributed by atoms with van der Waals surface area (Å²) in [6.07, 6.45) is 8.46. The minimum absolute atomic E-state index is 0.200. The van der Waals surface area contributed by atoms with Crippen LogP contribution in [0.2, 0.25) is 0 Å². The number of thioether (sulfide) groups is 1. The van der Waals surface area contributed by atoms with Crippen LogP contribution in [0.4, 0.5) is 0 Å². The molecule has 2 saturated heterocycles. The normalized spacial score (nSPS) is 40.9. The van der Waals surface area contributed by atoms with E-state index in [1.807, 2.05) is 0 Å². The highest BCUT2D eigenvalue weighted by atomic mass is 32.2. The van der Waals surface area contributed by atoms with Crippen molar-refractivity contribution in [2.24, 2.45) is 5.92 Å². The molecule has 0 aromatic carbocycles. The van der Waals surface area contributed by atoms with E-state index in [4.69, 9.17) is 4.74 Å².